The van der Waals surface area contributed by atoms with Gasteiger partial charge < -0.3 is 0 Å². The van der Waals surface area contributed by atoms with Crippen LogP contribution < -0.4 is 0 Å². The fourth-order valence-electron chi connectivity index (χ4n) is 6.25. The third-order valence-corrected chi connectivity index (χ3v) is 7.71. The second-order valence-electron chi connectivity index (χ2n) is 8.85. The molecule has 28 heavy (non-hydrogen) atoms. The van der Waals surface area contributed by atoms with E-state index in [2.05, 4.69) is 25.1 Å². The molecule has 2 bridgehead atoms. The van der Waals surface area contributed by atoms with Gasteiger partial charge in [-0.2, -0.15) is 0 Å². The van der Waals surface area contributed by atoms with Gasteiger partial charge in [0, 0.05) is 16.9 Å². The quantitative estimate of drug-likeness (QED) is 0.621. The SMILES string of the molecule is CCc1ccc(-c2ccc(Cl)cc2C)cc1C1C(=O)[C@@H]2[C@@H]3CC[C@@H](C3)[C@@H]2C1=O. The predicted octanol–water partition coefficient (Wildman–Crippen LogP) is 5.78. The maximum Gasteiger partial charge on any atom is 0.151 e. The molecule has 0 heterocycles. The lowest BCUT2D eigenvalue weighted by Crippen LogP contribution is -2.24. The number of benzene rings is 2. The van der Waals surface area contributed by atoms with Gasteiger partial charge in [-0.15, -0.1) is 0 Å². The monoisotopic (exact) mass is 392 g/mol. The van der Waals surface area contributed by atoms with Crippen molar-refractivity contribution in [3.63, 3.8) is 0 Å². The number of hydrogen-bond donors (Lipinski definition) is 0. The summed E-state index contributed by atoms with van der Waals surface area (Å²) in [7, 11) is 0. The van der Waals surface area contributed by atoms with Gasteiger partial charge in [0.25, 0.3) is 0 Å². The number of carbonyl (C=O) groups excluding carboxylic acids is 2. The Morgan fingerprint density at radius 1 is 0.964 bits per heavy atom. The summed E-state index contributed by atoms with van der Waals surface area (Å²) in [5, 5.41) is 0.719. The van der Waals surface area contributed by atoms with Crippen molar-refractivity contribution in [3.05, 3.63) is 58.1 Å². The van der Waals surface area contributed by atoms with Gasteiger partial charge in [0.1, 0.15) is 5.92 Å². The van der Waals surface area contributed by atoms with Crippen LogP contribution in [-0.2, 0) is 16.0 Å². The van der Waals surface area contributed by atoms with Crippen LogP contribution >= 0.6 is 11.6 Å². The van der Waals surface area contributed by atoms with Gasteiger partial charge >= 0.3 is 0 Å². The molecule has 0 saturated heterocycles. The smallest absolute Gasteiger partial charge is 0.151 e. The molecule has 2 nitrogen and oxygen atoms in total. The summed E-state index contributed by atoms with van der Waals surface area (Å²) in [6.45, 7) is 4.14. The number of aryl methyl sites for hydroxylation is 2. The van der Waals surface area contributed by atoms with Gasteiger partial charge in [0.05, 0.1) is 0 Å². The lowest BCUT2D eigenvalue weighted by atomic mass is 9.81. The topological polar surface area (TPSA) is 34.1 Å². The predicted molar refractivity (Wildman–Crippen MR) is 112 cm³/mol. The Bertz CT molecular complexity index is 964. The number of carbonyl (C=O) groups is 2. The average Bonchev–Trinajstić information content (AvgIpc) is 3.35. The number of rotatable bonds is 3. The first-order valence-electron chi connectivity index (χ1n) is 10.5. The molecule has 0 aromatic heterocycles. The molecule has 3 aliphatic carbocycles. The van der Waals surface area contributed by atoms with E-state index >= 15 is 0 Å². The maximum atomic E-state index is 13.4. The molecule has 144 valence electrons. The summed E-state index contributed by atoms with van der Waals surface area (Å²) in [5.74, 6) is 0.708. The molecule has 2 aromatic rings. The zero-order valence-electron chi connectivity index (χ0n) is 16.4. The first-order chi connectivity index (χ1) is 13.5. The third kappa shape index (κ3) is 2.54. The van der Waals surface area contributed by atoms with Crippen LogP contribution in [0.5, 0.6) is 0 Å². The molecule has 5 rings (SSSR count). The Morgan fingerprint density at radius 3 is 2.25 bits per heavy atom. The van der Waals surface area contributed by atoms with Gasteiger partial charge in [-0.3, -0.25) is 9.59 Å². The lowest BCUT2D eigenvalue weighted by Gasteiger charge is -2.21. The normalized spacial score (nSPS) is 30.9. The third-order valence-electron chi connectivity index (χ3n) is 7.48. The molecule has 3 saturated carbocycles. The zero-order chi connectivity index (χ0) is 19.6. The molecule has 0 amide bonds. The van der Waals surface area contributed by atoms with Crippen LogP contribution in [0.3, 0.4) is 0 Å². The van der Waals surface area contributed by atoms with Crippen LogP contribution in [0.2, 0.25) is 5.02 Å². The van der Waals surface area contributed by atoms with Crippen molar-refractivity contribution in [2.75, 3.05) is 0 Å². The van der Waals surface area contributed by atoms with Crippen molar-refractivity contribution in [2.24, 2.45) is 23.7 Å². The molecular formula is C25H25ClO2. The highest BCUT2D eigenvalue weighted by Crippen LogP contribution is 2.59. The first-order valence-corrected chi connectivity index (χ1v) is 10.8. The summed E-state index contributed by atoms with van der Waals surface area (Å²) in [5.41, 5.74) is 5.32. The number of hydrogen-bond acceptors (Lipinski definition) is 2. The van der Waals surface area contributed by atoms with Crippen LogP contribution in [0.15, 0.2) is 36.4 Å². The molecule has 2 aromatic carbocycles. The van der Waals surface area contributed by atoms with Gasteiger partial charge in [-0.25, -0.2) is 0 Å². The Morgan fingerprint density at radius 2 is 1.64 bits per heavy atom. The summed E-state index contributed by atoms with van der Waals surface area (Å²) < 4.78 is 0. The van der Waals surface area contributed by atoms with E-state index in [9.17, 15) is 9.59 Å². The van der Waals surface area contributed by atoms with Crippen LogP contribution in [-0.4, -0.2) is 11.6 Å². The van der Waals surface area contributed by atoms with Gasteiger partial charge in [-0.05, 0) is 90.5 Å². The highest BCUT2D eigenvalue weighted by molar-refractivity contribution is 6.30. The second-order valence-corrected chi connectivity index (χ2v) is 9.29. The van der Waals surface area contributed by atoms with Crippen molar-refractivity contribution in [3.8, 4) is 11.1 Å². The molecule has 3 heteroatoms. The van der Waals surface area contributed by atoms with E-state index < -0.39 is 5.92 Å². The lowest BCUT2D eigenvalue weighted by molar-refractivity contribution is -0.125. The van der Waals surface area contributed by atoms with Crippen LogP contribution in [0.1, 0.15) is 48.8 Å². The number of Topliss-reactive ketones (excluding diaryl/α,β-unsaturated/α-hetero) is 2. The highest BCUT2D eigenvalue weighted by Gasteiger charge is 2.61. The van der Waals surface area contributed by atoms with Gasteiger partial charge in [-0.1, -0.05) is 36.7 Å². The number of ketones is 2. The Hall–Kier alpha value is -1.93. The molecular weight excluding hydrogens is 368 g/mol. The van der Waals surface area contributed by atoms with Crippen molar-refractivity contribution >= 4 is 23.2 Å². The number of fused-ring (bicyclic) bond motifs is 5. The van der Waals surface area contributed by atoms with E-state index in [1.807, 2.05) is 25.1 Å². The summed E-state index contributed by atoms with van der Waals surface area (Å²) in [6.07, 6.45) is 4.17. The van der Waals surface area contributed by atoms with Crippen molar-refractivity contribution in [1.82, 2.24) is 0 Å². The van der Waals surface area contributed by atoms with Crippen molar-refractivity contribution in [2.45, 2.75) is 45.4 Å². The van der Waals surface area contributed by atoms with E-state index in [1.165, 1.54) is 0 Å². The van der Waals surface area contributed by atoms with E-state index in [0.717, 1.165) is 58.5 Å². The Labute approximate surface area is 171 Å². The number of halogens is 1. The maximum absolute atomic E-state index is 13.4. The minimum Gasteiger partial charge on any atom is -0.298 e. The second kappa shape index (κ2) is 6.56. The molecule has 1 unspecified atom stereocenters. The average molecular weight is 393 g/mol. The molecule has 0 N–H and O–H groups in total. The van der Waals surface area contributed by atoms with E-state index in [-0.39, 0.29) is 23.4 Å². The van der Waals surface area contributed by atoms with Gasteiger partial charge in [0.2, 0.25) is 0 Å². The zero-order valence-corrected chi connectivity index (χ0v) is 17.1. The van der Waals surface area contributed by atoms with E-state index in [1.54, 1.807) is 0 Å². The molecule has 5 atom stereocenters. The highest BCUT2D eigenvalue weighted by atomic mass is 35.5. The molecule has 3 fully saturated rings. The van der Waals surface area contributed by atoms with Crippen molar-refractivity contribution in [1.29, 1.82) is 0 Å². The molecule has 0 radical (unpaired) electrons. The largest absolute Gasteiger partial charge is 0.298 e. The van der Waals surface area contributed by atoms with E-state index in [4.69, 9.17) is 11.6 Å². The van der Waals surface area contributed by atoms with Crippen molar-refractivity contribution < 1.29 is 9.59 Å². The Kier molecular flexibility index (Phi) is 4.24. The molecule has 3 aliphatic rings. The first kappa shape index (κ1) is 18.1. The Balaban J connectivity index is 1.60. The van der Waals surface area contributed by atoms with Crippen LogP contribution in [0.4, 0.5) is 0 Å². The minimum atomic E-state index is -0.555. The molecule has 0 aliphatic heterocycles. The van der Waals surface area contributed by atoms with E-state index in [0.29, 0.717) is 11.8 Å². The van der Waals surface area contributed by atoms with Gasteiger partial charge in [0.15, 0.2) is 11.6 Å². The minimum absolute atomic E-state index is 0.0121. The summed E-state index contributed by atoms with van der Waals surface area (Å²) in [4.78, 5) is 26.8. The summed E-state index contributed by atoms with van der Waals surface area (Å²) in [6, 6.07) is 12.2. The van der Waals surface area contributed by atoms with Crippen LogP contribution in [0, 0.1) is 30.6 Å². The molecule has 0 spiro atoms. The fraction of sp³-hybridized carbons (Fsp3) is 0.440. The standard InChI is InChI=1S/C25H25ClO2/c1-3-14-4-5-15(19-9-8-18(26)10-13(19)2)12-20(14)23-24(27)21-16-6-7-17(11-16)22(21)25(23)28/h4-5,8-10,12,16-17,21-23H,3,6-7,11H2,1-2H3/t16-,17+,21-,22+,23?. The van der Waals surface area contributed by atoms with Crippen LogP contribution in [0.25, 0.3) is 11.1 Å². The summed E-state index contributed by atoms with van der Waals surface area (Å²) >= 11 is 6.12. The fourth-order valence-corrected chi connectivity index (χ4v) is 6.47.